The molecule has 0 unspecified atom stereocenters. The van der Waals surface area contributed by atoms with Gasteiger partial charge in [-0.05, 0) is 6.07 Å². The molecule has 26 heavy (non-hydrogen) atoms. The molecule has 3 rings (SSSR count). The Morgan fingerprint density at radius 1 is 1.27 bits per heavy atom. The minimum Gasteiger partial charge on any atom is -0.481 e. The van der Waals surface area contributed by atoms with Gasteiger partial charge in [0.25, 0.3) is 5.91 Å². The first kappa shape index (κ1) is 17.3. The Kier molecular flexibility index (Phi) is 4.52. The smallest absolute Gasteiger partial charge is 0.435 e. The van der Waals surface area contributed by atoms with Crippen molar-refractivity contribution in [1.29, 1.82) is 0 Å². The first-order valence-electron chi connectivity index (χ1n) is 7.12. The number of pyridine rings is 1. The molecule has 3 aromatic rings. The maximum absolute atomic E-state index is 13.5. The number of methoxy groups -OCH3 is 1. The zero-order chi connectivity index (χ0) is 18.7. The summed E-state index contributed by atoms with van der Waals surface area (Å²) in [5, 5.41) is 2.40. The number of carbonyl (C=O) groups is 1. The van der Waals surface area contributed by atoms with E-state index in [2.05, 4.69) is 25.3 Å². The Hall–Kier alpha value is -3.50. The fourth-order valence-electron chi connectivity index (χ4n) is 2.18. The lowest BCUT2D eigenvalue weighted by molar-refractivity contribution is -0.141. The Morgan fingerprint density at radius 3 is 2.65 bits per heavy atom. The molecule has 0 atom stereocenters. The highest BCUT2D eigenvalue weighted by Crippen LogP contribution is 2.38. The van der Waals surface area contributed by atoms with Crippen molar-refractivity contribution in [3.05, 3.63) is 54.8 Å². The summed E-state index contributed by atoms with van der Waals surface area (Å²) >= 11 is 0. The van der Waals surface area contributed by atoms with E-state index in [0.717, 1.165) is 10.9 Å². The number of anilines is 1. The van der Waals surface area contributed by atoms with E-state index in [4.69, 9.17) is 4.74 Å². The van der Waals surface area contributed by atoms with Gasteiger partial charge in [0.2, 0.25) is 5.88 Å². The van der Waals surface area contributed by atoms with Crippen molar-refractivity contribution in [1.82, 2.24) is 24.5 Å². The Balaban J connectivity index is 2.15. The molecule has 1 amide bonds. The fourth-order valence-corrected chi connectivity index (χ4v) is 2.18. The van der Waals surface area contributed by atoms with Gasteiger partial charge in [0, 0.05) is 24.7 Å². The van der Waals surface area contributed by atoms with Gasteiger partial charge in [0.05, 0.1) is 19.1 Å². The molecule has 0 fully saturated rings. The van der Waals surface area contributed by atoms with Gasteiger partial charge in [-0.2, -0.15) is 13.2 Å². The third-order valence-electron chi connectivity index (χ3n) is 3.27. The molecule has 0 aliphatic heterocycles. The monoisotopic (exact) mass is 364 g/mol. The molecule has 0 aliphatic carbocycles. The van der Waals surface area contributed by atoms with Crippen LogP contribution in [0.1, 0.15) is 16.2 Å². The molecule has 3 aromatic heterocycles. The Morgan fingerprint density at radius 2 is 2.08 bits per heavy atom. The summed E-state index contributed by atoms with van der Waals surface area (Å²) < 4.78 is 46.5. The number of carbonyl (C=O) groups excluding carboxylic acids is 1. The zero-order valence-electron chi connectivity index (χ0n) is 13.2. The molecule has 3 heterocycles. The first-order valence-corrected chi connectivity index (χ1v) is 7.12. The second-order valence-electron chi connectivity index (χ2n) is 4.93. The first-order chi connectivity index (χ1) is 12.4. The molecule has 0 spiro atoms. The summed E-state index contributed by atoms with van der Waals surface area (Å²) in [5.74, 6) is -1.02. The largest absolute Gasteiger partial charge is 0.481 e. The molecule has 0 saturated carbocycles. The molecule has 0 bridgehead atoms. The number of aromatic nitrogens is 5. The van der Waals surface area contributed by atoms with Crippen molar-refractivity contribution in [2.24, 2.45) is 0 Å². The molecule has 134 valence electrons. The van der Waals surface area contributed by atoms with Crippen molar-refractivity contribution in [2.75, 3.05) is 12.4 Å². The summed E-state index contributed by atoms with van der Waals surface area (Å²) in [6.07, 6.45) is 1.48. The zero-order valence-corrected chi connectivity index (χ0v) is 13.2. The molecule has 0 saturated heterocycles. The molecular weight excluding hydrogens is 353 g/mol. The van der Waals surface area contributed by atoms with Crippen molar-refractivity contribution in [2.45, 2.75) is 6.18 Å². The Labute approximate surface area is 144 Å². The van der Waals surface area contributed by atoms with Crippen LogP contribution in [0.25, 0.3) is 5.69 Å². The second-order valence-corrected chi connectivity index (χ2v) is 4.93. The van der Waals surface area contributed by atoms with E-state index in [0.29, 0.717) is 0 Å². The predicted molar refractivity (Wildman–Crippen MR) is 82.9 cm³/mol. The van der Waals surface area contributed by atoms with E-state index in [-0.39, 0.29) is 17.3 Å². The number of nitrogens with zero attached hydrogens (tertiary/aromatic N) is 5. The third-order valence-corrected chi connectivity index (χ3v) is 3.27. The van der Waals surface area contributed by atoms with Gasteiger partial charge in [-0.1, -0.05) is 0 Å². The normalized spacial score (nSPS) is 11.2. The lowest BCUT2D eigenvalue weighted by atomic mass is 10.2. The highest BCUT2D eigenvalue weighted by Gasteiger charge is 2.38. The molecule has 1 N–H and O–H groups in total. The van der Waals surface area contributed by atoms with Crippen molar-refractivity contribution in [3.8, 4) is 11.6 Å². The quantitative estimate of drug-likeness (QED) is 0.764. The summed E-state index contributed by atoms with van der Waals surface area (Å²) in [6.45, 7) is 0. The standard InChI is InChI=1S/C15H11F3N6O2/c1-26-11-6-10(22-14(25)9-2-3-19-7-21-9)12(24-5-4-20-8-24)13(23-11)15(16,17)18/h2-8H,1H3,(H,22,23,25). The van der Waals surface area contributed by atoms with Crippen LogP contribution >= 0.6 is 0 Å². The molecular formula is C15H11F3N6O2. The van der Waals surface area contributed by atoms with Crippen LogP contribution in [0.4, 0.5) is 18.9 Å². The van der Waals surface area contributed by atoms with Crippen molar-refractivity contribution < 1.29 is 22.7 Å². The van der Waals surface area contributed by atoms with Crippen LogP contribution in [-0.4, -0.2) is 37.5 Å². The third kappa shape index (κ3) is 3.45. The molecule has 0 radical (unpaired) electrons. The number of halogens is 3. The van der Waals surface area contributed by atoms with Crippen molar-refractivity contribution >= 4 is 11.6 Å². The van der Waals surface area contributed by atoms with E-state index in [1.54, 1.807) is 0 Å². The predicted octanol–water partition coefficient (Wildman–Crippen LogP) is 2.34. The molecule has 0 aliphatic rings. The topological polar surface area (TPSA) is 94.8 Å². The molecule has 11 heteroatoms. The number of hydrogen-bond donors (Lipinski definition) is 1. The molecule has 8 nitrogen and oxygen atoms in total. The van der Waals surface area contributed by atoms with E-state index >= 15 is 0 Å². The number of amides is 1. The summed E-state index contributed by atoms with van der Waals surface area (Å²) in [4.78, 5) is 27.0. The van der Waals surface area contributed by atoms with E-state index in [9.17, 15) is 18.0 Å². The maximum Gasteiger partial charge on any atom is 0.435 e. The second kappa shape index (κ2) is 6.78. The highest BCUT2D eigenvalue weighted by atomic mass is 19.4. The average molecular weight is 364 g/mol. The van der Waals surface area contributed by atoms with Crippen LogP contribution in [0.5, 0.6) is 5.88 Å². The van der Waals surface area contributed by atoms with Gasteiger partial charge in [0.15, 0.2) is 5.69 Å². The average Bonchev–Trinajstić information content (AvgIpc) is 3.15. The van der Waals surface area contributed by atoms with Crippen LogP contribution in [0, 0.1) is 0 Å². The van der Waals surface area contributed by atoms with Crippen LogP contribution < -0.4 is 10.1 Å². The van der Waals surface area contributed by atoms with Gasteiger partial charge >= 0.3 is 6.18 Å². The number of alkyl halides is 3. The van der Waals surface area contributed by atoms with Gasteiger partial charge in [-0.15, -0.1) is 0 Å². The van der Waals surface area contributed by atoms with Crippen LogP contribution in [0.15, 0.2) is 43.4 Å². The Bertz CT molecular complexity index is 913. The van der Waals surface area contributed by atoms with Gasteiger partial charge in [-0.25, -0.2) is 19.9 Å². The van der Waals surface area contributed by atoms with Crippen molar-refractivity contribution in [3.63, 3.8) is 0 Å². The van der Waals surface area contributed by atoms with Gasteiger partial charge in [-0.3, -0.25) is 4.79 Å². The number of hydrogen-bond acceptors (Lipinski definition) is 6. The lowest BCUT2D eigenvalue weighted by Crippen LogP contribution is -2.19. The highest BCUT2D eigenvalue weighted by molar-refractivity contribution is 6.04. The minimum atomic E-state index is -4.79. The number of nitrogens with one attached hydrogen (secondary N) is 1. The van der Waals surface area contributed by atoms with E-state index in [1.165, 1.54) is 44.2 Å². The molecule has 0 aromatic carbocycles. The number of ether oxygens (including phenoxy) is 1. The van der Waals surface area contributed by atoms with Gasteiger partial charge in [0.1, 0.15) is 17.7 Å². The van der Waals surface area contributed by atoms with E-state index in [1.807, 2.05) is 0 Å². The number of imidazole rings is 1. The summed E-state index contributed by atoms with van der Waals surface area (Å²) in [6, 6.07) is 2.51. The summed E-state index contributed by atoms with van der Waals surface area (Å²) in [7, 11) is 1.18. The SMILES string of the molecule is COc1cc(NC(=O)c2ccncn2)c(-n2ccnc2)c(C(F)(F)F)n1. The maximum atomic E-state index is 13.5. The number of rotatable bonds is 4. The van der Waals surface area contributed by atoms with Crippen LogP contribution in [-0.2, 0) is 6.18 Å². The van der Waals surface area contributed by atoms with E-state index < -0.39 is 23.5 Å². The lowest BCUT2D eigenvalue weighted by Gasteiger charge is -2.18. The minimum absolute atomic E-state index is 0.0130. The van der Waals surface area contributed by atoms with Gasteiger partial charge < -0.3 is 14.6 Å². The van der Waals surface area contributed by atoms with Crippen LogP contribution in [0.2, 0.25) is 0 Å². The summed E-state index contributed by atoms with van der Waals surface area (Å²) in [5.41, 5.74) is -1.79. The van der Waals surface area contributed by atoms with Crippen LogP contribution in [0.3, 0.4) is 0 Å². The fraction of sp³-hybridized carbons (Fsp3) is 0.133.